The second-order valence-corrected chi connectivity index (χ2v) is 3.39. The fourth-order valence-electron chi connectivity index (χ4n) is 1.02. The monoisotopic (exact) mass is 240 g/mol. The molecule has 84 valence electrons. The van der Waals surface area contributed by atoms with E-state index in [9.17, 15) is 10.1 Å². The van der Waals surface area contributed by atoms with Crippen molar-refractivity contribution < 1.29 is 9.66 Å². The van der Waals surface area contributed by atoms with Crippen LogP contribution in [-0.4, -0.2) is 21.5 Å². The van der Waals surface area contributed by atoms with Gasteiger partial charge in [-0.3, -0.25) is 10.1 Å². The second-order valence-electron chi connectivity index (χ2n) is 2.61. The molecule has 8 heteroatoms. The van der Waals surface area contributed by atoms with Gasteiger partial charge in [-0.25, -0.2) is 4.98 Å². The molecule has 0 aromatic carbocycles. The number of nitrogens with zero attached hydrogens (tertiary/aromatic N) is 4. The van der Waals surface area contributed by atoms with Crippen molar-refractivity contribution >= 4 is 17.4 Å². The Morgan fingerprint density at radius 2 is 2.31 bits per heavy atom. The summed E-state index contributed by atoms with van der Waals surface area (Å²) in [5.74, 6) is 0.226. The highest BCUT2D eigenvalue weighted by Crippen LogP contribution is 2.33. The molecule has 0 bridgehead atoms. The SMILES string of the molecule is CCOc1nc(C)nc(SC#N)c1[N+](=O)[O-]. The van der Waals surface area contributed by atoms with E-state index in [1.165, 1.54) is 0 Å². The van der Waals surface area contributed by atoms with Crippen molar-refractivity contribution in [3.63, 3.8) is 0 Å². The highest BCUT2D eigenvalue weighted by atomic mass is 32.2. The third kappa shape index (κ3) is 2.58. The first-order chi connectivity index (χ1) is 7.60. The maximum Gasteiger partial charge on any atom is 0.363 e. The van der Waals surface area contributed by atoms with Crippen molar-refractivity contribution in [1.29, 1.82) is 5.26 Å². The molecule has 0 N–H and O–H groups in total. The fourth-order valence-corrected chi connectivity index (χ4v) is 1.55. The first kappa shape index (κ1) is 12.2. The highest BCUT2D eigenvalue weighted by Gasteiger charge is 2.25. The molecule has 7 nitrogen and oxygen atoms in total. The summed E-state index contributed by atoms with van der Waals surface area (Å²) in [6.45, 7) is 3.53. The lowest BCUT2D eigenvalue weighted by Gasteiger charge is -2.05. The molecule has 0 aliphatic rings. The average molecular weight is 240 g/mol. The molecule has 0 saturated carbocycles. The second kappa shape index (κ2) is 5.27. The van der Waals surface area contributed by atoms with Gasteiger partial charge in [-0.15, -0.1) is 0 Å². The molecule has 0 saturated heterocycles. The van der Waals surface area contributed by atoms with Gasteiger partial charge in [0.25, 0.3) is 5.88 Å². The van der Waals surface area contributed by atoms with Gasteiger partial charge in [-0.2, -0.15) is 10.2 Å². The molecule has 16 heavy (non-hydrogen) atoms. The summed E-state index contributed by atoms with van der Waals surface area (Å²) >= 11 is 0.617. The van der Waals surface area contributed by atoms with Crippen LogP contribution in [0.5, 0.6) is 5.88 Å². The van der Waals surface area contributed by atoms with Gasteiger partial charge in [0.05, 0.1) is 11.5 Å². The van der Waals surface area contributed by atoms with Crippen LogP contribution in [-0.2, 0) is 0 Å². The van der Waals surface area contributed by atoms with Crippen LogP contribution in [0.15, 0.2) is 5.03 Å². The minimum atomic E-state index is -0.649. The van der Waals surface area contributed by atoms with Crippen LogP contribution in [0.25, 0.3) is 0 Å². The molecular weight excluding hydrogens is 232 g/mol. The lowest BCUT2D eigenvalue weighted by molar-refractivity contribution is -0.389. The molecule has 1 aromatic rings. The minimum absolute atomic E-state index is 0.00319. The number of hydrogen-bond acceptors (Lipinski definition) is 7. The zero-order valence-corrected chi connectivity index (χ0v) is 9.45. The number of ether oxygens (including phenoxy) is 1. The summed E-state index contributed by atoms with van der Waals surface area (Å²) in [6, 6.07) is 0. The van der Waals surface area contributed by atoms with E-state index in [0.29, 0.717) is 17.6 Å². The van der Waals surface area contributed by atoms with E-state index in [-0.39, 0.29) is 23.2 Å². The molecule has 0 spiro atoms. The standard InChI is InChI=1S/C8H8N4O3S/c1-3-15-7-6(12(13)14)8(16-4-9)11-5(2)10-7/h3H2,1-2H3. The van der Waals surface area contributed by atoms with Crippen molar-refractivity contribution in [2.75, 3.05) is 6.61 Å². The van der Waals surface area contributed by atoms with Gasteiger partial charge in [-0.05, 0) is 13.8 Å². The third-order valence-electron chi connectivity index (χ3n) is 1.54. The van der Waals surface area contributed by atoms with Gasteiger partial charge in [0.15, 0.2) is 5.03 Å². The zero-order chi connectivity index (χ0) is 12.1. The Balaban J connectivity index is 3.36. The maximum atomic E-state index is 10.8. The molecule has 0 radical (unpaired) electrons. The van der Waals surface area contributed by atoms with E-state index in [0.717, 1.165) is 0 Å². The van der Waals surface area contributed by atoms with E-state index < -0.39 is 4.92 Å². The zero-order valence-electron chi connectivity index (χ0n) is 8.63. The number of hydrogen-bond donors (Lipinski definition) is 0. The summed E-state index contributed by atoms with van der Waals surface area (Å²) in [5, 5.41) is 21.1. The molecule has 0 aliphatic heterocycles. The number of rotatable bonds is 4. The van der Waals surface area contributed by atoms with E-state index >= 15 is 0 Å². The van der Waals surface area contributed by atoms with E-state index in [1.807, 2.05) is 0 Å². The van der Waals surface area contributed by atoms with Crippen LogP contribution in [0.1, 0.15) is 12.7 Å². The molecule has 1 aromatic heterocycles. The molecule has 0 fully saturated rings. The predicted octanol–water partition coefficient (Wildman–Crippen LogP) is 1.67. The van der Waals surface area contributed by atoms with Crippen molar-refractivity contribution in [1.82, 2.24) is 9.97 Å². The van der Waals surface area contributed by atoms with Crippen molar-refractivity contribution in [2.24, 2.45) is 0 Å². The van der Waals surface area contributed by atoms with Crippen LogP contribution in [0.4, 0.5) is 5.69 Å². The summed E-state index contributed by atoms with van der Waals surface area (Å²) in [4.78, 5) is 17.8. The Bertz CT molecular complexity index is 457. The number of aryl methyl sites for hydroxylation is 1. The first-order valence-corrected chi connectivity index (χ1v) is 5.13. The molecule has 0 amide bonds. The van der Waals surface area contributed by atoms with Crippen LogP contribution in [0.2, 0.25) is 0 Å². The Labute approximate surface area is 95.6 Å². The number of thiocyanates is 1. The topological polar surface area (TPSA) is 102 Å². The Kier molecular flexibility index (Phi) is 4.02. The predicted molar refractivity (Wildman–Crippen MR) is 56.1 cm³/mol. The summed E-state index contributed by atoms with van der Waals surface area (Å²) in [7, 11) is 0. The number of nitro groups is 1. The highest BCUT2D eigenvalue weighted by molar-refractivity contribution is 8.03. The Morgan fingerprint density at radius 1 is 1.62 bits per heavy atom. The summed E-state index contributed by atoms with van der Waals surface area (Å²) in [6.07, 6.45) is 0. The van der Waals surface area contributed by atoms with Crippen molar-refractivity contribution in [2.45, 2.75) is 18.9 Å². The quantitative estimate of drug-likeness (QED) is 0.259. The molecule has 0 atom stereocenters. The van der Waals surface area contributed by atoms with Crippen molar-refractivity contribution in [3.8, 4) is 11.3 Å². The van der Waals surface area contributed by atoms with Gasteiger partial charge < -0.3 is 4.74 Å². The summed E-state index contributed by atoms with van der Waals surface area (Å²) in [5.41, 5.74) is -0.362. The maximum absolute atomic E-state index is 10.8. The first-order valence-electron chi connectivity index (χ1n) is 4.31. The molecule has 0 unspecified atom stereocenters. The fraction of sp³-hybridized carbons (Fsp3) is 0.375. The number of thioether (sulfide) groups is 1. The van der Waals surface area contributed by atoms with Crippen LogP contribution in [0.3, 0.4) is 0 Å². The smallest absolute Gasteiger partial charge is 0.363 e. The van der Waals surface area contributed by atoms with Gasteiger partial charge in [0.1, 0.15) is 11.2 Å². The lowest BCUT2D eigenvalue weighted by Crippen LogP contribution is -2.04. The van der Waals surface area contributed by atoms with Gasteiger partial charge in [0.2, 0.25) is 0 Å². The molecule has 1 rings (SSSR count). The van der Waals surface area contributed by atoms with E-state index in [1.54, 1.807) is 19.2 Å². The molecule has 1 heterocycles. The summed E-state index contributed by atoms with van der Waals surface area (Å²) < 4.78 is 5.05. The molecule has 0 aliphatic carbocycles. The van der Waals surface area contributed by atoms with Gasteiger partial charge in [-0.1, -0.05) is 0 Å². The Morgan fingerprint density at radius 3 is 2.81 bits per heavy atom. The van der Waals surface area contributed by atoms with Crippen LogP contribution in [0, 0.1) is 27.7 Å². The van der Waals surface area contributed by atoms with E-state index in [2.05, 4.69) is 9.97 Å². The van der Waals surface area contributed by atoms with Crippen LogP contribution >= 0.6 is 11.8 Å². The normalized spacial score (nSPS) is 9.56. The lowest BCUT2D eigenvalue weighted by atomic mass is 10.5. The van der Waals surface area contributed by atoms with Crippen LogP contribution < -0.4 is 4.74 Å². The number of aromatic nitrogens is 2. The average Bonchev–Trinajstić information content (AvgIpc) is 2.17. The third-order valence-corrected chi connectivity index (χ3v) is 2.11. The largest absolute Gasteiger partial charge is 0.473 e. The minimum Gasteiger partial charge on any atom is -0.473 e. The van der Waals surface area contributed by atoms with Gasteiger partial charge in [0, 0.05) is 11.8 Å². The van der Waals surface area contributed by atoms with E-state index in [4.69, 9.17) is 10.00 Å². The number of nitriles is 1. The Hall–Kier alpha value is -1.88. The van der Waals surface area contributed by atoms with Gasteiger partial charge >= 0.3 is 5.69 Å². The van der Waals surface area contributed by atoms with Crippen molar-refractivity contribution in [3.05, 3.63) is 15.9 Å². The molecular formula is C8H8N4O3S.